The first-order chi connectivity index (χ1) is 12.9. The van der Waals surface area contributed by atoms with Crippen LogP contribution in [0.5, 0.6) is 0 Å². The summed E-state index contributed by atoms with van der Waals surface area (Å²) in [5.74, 6) is -0.0763. The zero-order chi connectivity index (χ0) is 20.9. The highest BCUT2D eigenvalue weighted by Crippen LogP contribution is 2.52. The maximum Gasteiger partial charge on any atom is 0.345 e. The predicted octanol–water partition coefficient (Wildman–Crippen LogP) is 5.92. The third-order valence-electron chi connectivity index (χ3n) is 5.86. The van der Waals surface area contributed by atoms with Crippen LogP contribution in [-0.2, 0) is 22.1 Å². The lowest BCUT2D eigenvalue weighted by atomic mass is 9.63. The minimum absolute atomic E-state index is 0.0382. The van der Waals surface area contributed by atoms with Crippen molar-refractivity contribution in [3.8, 4) is 0 Å². The van der Waals surface area contributed by atoms with E-state index in [2.05, 4.69) is 22.0 Å². The second kappa shape index (κ2) is 7.88. The van der Waals surface area contributed by atoms with Gasteiger partial charge in [-0.3, -0.25) is 0 Å². The second-order valence-electron chi connectivity index (χ2n) is 9.28. The van der Waals surface area contributed by atoms with Gasteiger partial charge in [-0.1, -0.05) is 35.8 Å². The molecule has 0 heterocycles. The number of hydrogen-bond acceptors (Lipinski definition) is 2. The van der Waals surface area contributed by atoms with E-state index in [1.807, 2.05) is 46.8 Å². The molecule has 1 aromatic rings. The van der Waals surface area contributed by atoms with Crippen LogP contribution in [0.1, 0.15) is 58.6 Å². The molecular weight excluding hydrogens is 448 g/mol. The van der Waals surface area contributed by atoms with Crippen LogP contribution in [0.4, 0.5) is 8.78 Å². The Hall–Kier alpha value is -0.660. The summed E-state index contributed by atoms with van der Waals surface area (Å²) in [6, 6.07) is 6.13. The largest absolute Gasteiger partial charge is 0.345 e. The quantitative estimate of drug-likeness (QED) is 0.544. The van der Waals surface area contributed by atoms with Crippen molar-refractivity contribution in [3.05, 3.63) is 33.8 Å². The number of fused-ring (bicyclic) bond motifs is 1. The molecule has 1 fully saturated rings. The summed E-state index contributed by atoms with van der Waals surface area (Å²) in [6.45, 7) is 6.92. The first-order valence-electron chi connectivity index (χ1n) is 9.66. The van der Waals surface area contributed by atoms with Crippen molar-refractivity contribution >= 4 is 32.6 Å². The third kappa shape index (κ3) is 4.26. The lowest BCUT2D eigenvalue weighted by molar-refractivity contribution is -0.200. The molecule has 156 valence electrons. The van der Waals surface area contributed by atoms with E-state index in [4.69, 9.17) is 9.13 Å². The van der Waals surface area contributed by atoms with Crippen molar-refractivity contribution in [1.29, 1.82) is 0 Å². The van der Waals surface area contributed by atoms with Crippen LogP contribution in [-0.4, -0.2) is 27.4 Å². The van der Waals surface area contributed by atoms with Gasteiger partial charge in [-0.15, -0.1) is 0 Å². The average Bonchev–Trinajstić information content (AvgIpc) is 2.83. The molecule has 0 N–H and O–H groups in total. The SMILES string of the molecule is C[C@@H]1CC2(Cc3ccc(Br)cc3/C2=N/[S@@](=O)C(C)(C)C)C[C@H](C)C1OC(F)F. The Morgan fingerprint density at radius 2 is 1.86 bits per heavy atom. The van der Waals surface area contributed by atoms with E-state index >= 15 is 0 Å². The Morgan fingerprint density at radius 1 is 1.25 bits per heavy atom. The maximum atomic E-state index is 12.9. The molecule has 3 rings (SSSR count). The molecule has 0 amide bonds. The summed E-state index contributed by atoms with van der Waals surface area (Å²) < 4.78 is 48.8. The maximum absolute atomic E-state index is 12.9. The van der Waals surface area contributed by atoms with E-state index in [9.17, 15) is 13.0 Å². The Bertz CT molecular complexity index is 794. The van der Waals surface area contributed by atoms with Gasteiger partial charge < -0.3 is 4.74 Å². The molecule has 1 aromatic carbocycles. The number of ether oxygens (including phenoxy) is 1. The summed E-state index contributed by atoms with van der Waals surface area (Å²) in [5.41, 5.74) is 2.79. The normalized spacial score (nSPS) is 32.9. The van der Waals surface area contributed by atoms with Crippen LogP contribution in [0.15, 0.2) is 27.1 Å². The van der Waals surface area contributed by atoms with Gasteiger partial charge in [0, 0.05) is 15.5 Å². The van der Waals surface area contributed by atoms with Gasteiger partial charge in [0.05, 0.1) is 16.6 Å². The Morgan fingerprint density at radius 3 is 2.39 bits per heavy atom. The molecule has 0 radical (unpaired) electrons. The van der Waals surface area contributed by atoms with Crippen LogP contribution >= 0.6 is 15.9 Å². The van der Waals surface area contributed by atoms with Crippen molar-refractivity contribution < 1.29 is 17.7 Å². The summed E-state index contributed by atoms with van der Waals surface area (Å²) in [6.07, 6.45) is 1.71. The first kappa shape index (κ1) is 22.0. The molecule has 0 saturated heterocycles. The van der Waals surface area contributed by atoms with Gasteiger partial charge in [0.2, 0.25) is 0 Å². The molecule has 0 aromatic heterocycles. The molecule has 3 nitrogen and oxygen atoms in total. The molecule has 2 unspecified atom stereocenters. The standard InChI is InChI=1S/C21H28BrF2NO2S/c1-12-9-21(10-13(2)17(12)27-19(23)24)11-14-6-7-15(22)8-16(14)18(21)25-28(26)20(3,4)5/h6-8,12-13,17,19H,9-11H2,1-5H3/b25-18-/t12-,13+,17?,21?,28-/m0/s1. The van der Waals surface area contributed by atoms with Gasteiger partial charge in [0.15, 0.2) is 0 Å². The fourth-order valence-corrected chi connectivity index (χ4v) is 5.95. The van der Waals surface area contributed by atoms with Crippen molar-refractivity contribution in [1.82, 2.24) is 0 Å². The molecule has 1 spiro atoms. The number of benzene rings is 1. The van der Waals surface area contributed by atoms with E-state index in [0.717, 1.165) is 22.2 Å². The van der Waals surface area contributed by atoms with E-state index in [1.165, 1.54) is 5.56 Å². The zero-order valence-electron chi connectivity index (χ0n) is 17.0. The first-order valence-corrected chi connectivity index (χ1v) is 11.6. The van der Waals surface area contributed by atoms with Gasteiger partial charge in [0.1, 0.15) is 11.0 Å². The van der Waals surface area contributed by atoms with Gasteiger partial charge in [-0.2, -0.15) is 13.2 Å². The van der Waals surface area contributed by atoms with Gasteiger partial charge >= 0.3 is 6.61 Å². The summed E-state index contributed by atoms with van der Waals surface area (Å²) in [7, 11) is -1.39. The van der Waals surface area contributed by atoms with Crippen LogP contribution in [0.3, 0.4) is 0 Å². The van der Waals surface area contributed by atoms with Crippen molar-refractivity contribution in [3.63, 3.8) is 0 Å². The van der Waals surface area contributed by atoms with Crippen LogP contribution in [0, 0.1) is 17.3 Å². The minimum Gasteiger partial charge on any atom is -0.319 e. The van der Waals surface area contributed by atoms with Gasteiger partial charge in [-0.25, -0.2) is 4.21 Å². The summed E-state index contributed by atoms with van der Waals surface area (Å²) in [5, 5.41) is 0. The smallest absolute Gasteiger partial charge is 0.319 e. The lowest BCUT2D eigenvalue weighted by Gasteiger charge is -2.45. The Kier molecular flexibility index (Phi) is 6.20. The number of rotatable bonds is 3. The molecular formula is C21H28BrF2NO2S. The molecule has 28 heavy (non-hydrogen) atoms. The molecule has 5 atom stereocenters. The van der Waals surface area contributed by atoms with Crippen LogP contribution < -0.4 is 0 Å². The highest BCUT2D eigenvalue weighted by atomic mass is 79.9. The van der Waals surface area contributed by atoms with E-state index in [0.29, 0.717) is 12.8 Å². The van der Waals surface area contributed by atoms with E-state index in [-0.39, 0.29) is 17.3 Å². The van der Waals surface area contributed by atoms with Crippen molar-refractivity contribution in [2.24, 2.45) is 21.6 Å². The Balaban J connectivity index is 2.05. The number of hydrogen-bond donors (Lipinski definition) is 0. The predicted molar refractivity (Wildman–Crippen MR) is 113 cm³/mol. The molecule has 0 aliphatic heterocycles. The number of halogens is 3. The molecule has 2 aliphatic carbocycles. The topological polar surface area (TPSA) is 38.7 Å². The highest BCUT2D eigenvalue weighted by molar-refractivity contribution is 9.10. The van der Waals surface area contributed by atoms with Gasteiger partial charge in [-0.05, 0) is 69.6 Å². The number of nitrogens with zero attached hydrogens (tertiary/aromatic N) is 1. The summed E-state index contributed by atoms with van der Waals surface area (Å²) >= 11 is 3.54. The summed E-state index contributed by atoms with van der Waals surface area (Å²) in [4.78, 5) is 0. The average molecular weight is 476 g/mol. The van der Waals surface area contributed by atoms with Crippen LogP contribution in [0.2, 0.25) is 0 Å². The van der Waals surface area contributed by atoms with Gasteiger partial charge in [0.25, 0.3) is 0 Å². The fraction of sp³-hybridized carbons (Fsp3) is 0.667. The molecule has 0 bridgehead atoms. The van der Waals surface area contributed by atoms with Crippen molar-refractivity contribution in [2.45, 2.75) is 71.3 Å². The zero-order valence-corrected chi connectivity index (χ0v) is 19.4. The minimum atomic E-state index is -2.76. The Labute approximate surface area is 177 Å². The molecule has 2 aliphatic rings. The van der Waals surface area contributed by atoms with E-state index in [1.54, 1.807) is 0 Å². The lowest BCUT2D eigenvalue weighted by Crippen LogP contribution is -2.46. The highest BCUT2D eigenvalue weighted by Gasteiger charge is 2.51. The number of alkyl halides is 2. The van der Waals surface area contributed by atoms with Crippen LogP contribution in [0.25, 0.3) is 0 Å². The molecule has 1 saturated carbocycles. The fourth-order valence-electron chi connectivity index (χ4n) is 4.86. The van der Waals surface area contributed by atoms with E-state index < -0.39 is 28.4 Å². The third-order valence-corrected chi connectivity index (χ3v) is 7.75. The van der Waals surface area contributed by atoms with Crippen molar-refractivity contribution in [2.75, 3.05) is 0 Å². The monoisotopic (exact) mass is 475 g/mol. The second-order valence-corrected chi connectivity index (χ2v) is 12.1. The molecule has 7 heteroatoms.